The number of hydrogen-bond donors (Lipinski definition) is 0. The van der Waals surface area contributed by atoms with E-state index < -0.39 is 0 Å². The molecule has 6 aromatic carbocycles. The maximum atomic E-state index is 3.06. The maximum absolute atomic E-state index is 3.06. The van der Waals surface area contributed by atoms with Crippen LogP contribution in [-0.2, 0) is 36.2 Å². The Morgan fingerprint density at radius 3 is 1.13 bits per heavy atom. The molecule has 38 heavy (non-hydrogen) atoms. The van der Waals surface area contributed by atoms with E-state index in [0.717, 1.165) is 12.8 Å². The summed E-state index contributed by atoms with van der Waals surface area (Å²) < 4.78 is 0. The molecule has 0 aromatic heterocycles. The second kappa shape index (κ2) is 22.2. The second-order valence-corrected chi connectivity index (χ2v) is 7.85. The van der Waals surface area contributed by atoms with Gasteiger partial charge in [0.15, 0.2) is 0 Å². The Bertz CT molecular complexity index is 1110. The Balaban J connectivity index is 0.000000478. The van der Waals surface area contributed by atoms with Crippen LogP contribution in [0.1, 0.15) is 25.0 Å². The third kappa shape index (κ3) is 13.1. The van der Waals surface area contributed by atoms with E-state index in [1.54, 1.807) is 0 Å². The molecule has 6 rings (SSSR count). The van der Waals surface area contributed by atoms with Crippen LogP contribution < -0.4 is 0 Å². The Hall–Kier alpha value is -2.80. The number of hydrogen-bond acceptors (Lipinski definition) is 0. The van der Waals surface area contributed by atoms with Gasteiger partial charge in [0.05, 0.1) is 0 Å². The van der Waals surface area contributed by atoms with Gasteiger partial charge in [-0.3, -0.25) is 0 Å². The third-order valence-corrected chi connectivity index (χ3v) is 5.39. The Kier molecular flexibility index (Phi) is 20.6. The van der Waals surface area contributed by atoms with E-state index in [1.165, 1.54) is 56.0 Å². The van der Waals surface area contributed by atoms with Crippen molar-refractivity contribution in [2.24, 2.45) is 0 Å². The first-order chi connectivity index (χ1) is 17.8. The minimum Gasteiger partial charge on any atom is -0.184 e. The number of aryl methyl sites for hydroxylation is 2. The van der Waals surface area contributed by atoms with Crippen molar-refractivity contribution in [1.29, 1.82) is 0 Å². The molecule has 0 N–H and O–H groups in total. The van der Waals surface area contributed by atoms with Gasteiger partial charge >= 0.3 is 30.2 Å². The van der Waals surface area contributed by atoms with Gasteiger partial charge in [0.25, 0.3) is 0 Å². The van der Waals surface area contributed by atoms with Gasteiger partial charge in [-0.2, -0.15) is 84.9 Å². The Labute approximate surface area is 248 Å². The molecule has 6 aromatic rings. The van der Waals surface area contributed by atoms with Crippen molar-refractivity contribution in [3.05, 3.63) is 172 Å². The van der Waals surface area contributed by atoms with Crippen LogP contribution in [0.4, 0.5) is 0 Å². The molecule has 0 atom stereocenters. The zero-order chi connectivity index (χ0) is 25.8. The largest absolute Gasteiger partial charge is 0.184 e. The quantitative estimate of drug-likeness (QED) is 0.139. The SMILES string of the molecule is CCc1cc2ccccc2[cH-]1.CCc1cc2ccccc2[cH-]1.[CH3-].[CH3-].[Si]=[Zr].[c-]1ccccc1.[c-]1ccccc1. The van der Waals surface area contributed by atoms with E-state index in [2.05, 4.69) is 106 Å². The summed E-state index contributed by atoms with van der Waals surface area (Å²) in [7, 11) is 0. The number of benzene rings is 4. The smallest absolute Gasteiger partial charge is 0.171 e. The molecule has 2 heteroatoms. The van der Waals surface area contributed by atoms with Gasteiger partial charge < -0.3 is 14.9 Å². The minimum atomic E-state index is 0. The molecule has 0 nitrogen and oxygen atoms in total. The van der Waals surface area contributed by atoms with Crippen LogP contribution in [0, 0.1) is 27.0 Å². The molecule has 0 aliphatic heterocycles. The summed E-state index contributed by atoms with van der Waals surface area (Å²) in [6.45, 7) is 7.44. The van der Waals surface area contributed by atoms with E-state index in [1.807, 2.05) is 60.7 Å². The Morgan fingerprint density at radius 2 is 0.895 bits per heavy atom. The van der Waals surface area contributed by atoms with Gasteiger partial charge in [-0.05, 0) is 12.8 Å². The number of fused-ring (bicyclic) bond motifs is 2. The molecular formula is C36H38SiZr-6. The molecule has 0 saturated heterocycles. The Morgan fingerprint density at radius 1 is 0.553 bits per heavy atom. The zero-order valence-electron chi connectivity index (χ0n) is 23.1. The van der Waals surface area contributed by atoms with Crippen molar-refractivity contribution in [3.63, 3.8) is 0 Å². The fourth-order valence-corrected chi connectivity index (χ4v) is 3.52. The van der Waals surface area contributed by atoms with Crippen molar-refractivity contribution in [1.82, 2.24) is 0 Å². The average Bonchev–Trinajstić information content (AvgIpc) is 3.61. The molecule has 0 aliphatic carbocycles. The summed E-state index contributed by atoms with van der Waals surface area (Å²) in [5.41, 5.74) is 2.87. The van der Waals surface area contributed by atoms with E-state index >= 15 is 0 Å². The molecule has 0 fully saturated rings. The molecule has 0 amide bonds. The molecule has 0 saturated carbocycles. The van der Waals surface area contributed by atoms with Gasteiger partial charge in [0, 0.05) is 0 Å². The molecule has 0 aliphatic rings. The maximum Gasteiger partial charge on any atom is -0.171 e. The summed E-state index contributed by atoms with van der Waals surface area (Å²) in [5.74, 6) is 0. The standard InChI is InChI=1S/2C11H11.2C6H5.2CH3.Si.Zr/c2*1-2-9-7-10-5-3-4-6-11(10)8-9;2*1-2-4-6-5-3-1;;;;/h2*3-8H,2H2,1H3;2*1-5H;2*1H3;;/q6*-1;;. The molecule has 0 spiro atoms. The average molecular weight is 590 g/mol. The van der Waals surface area contributed by atoms with Crippen LogP contribution in [0.25, 0.3) is 21.5 Å². The van der Waals surface area contributed by atoms with E-state index in [0.29, 0.717) is 0 Å². The minimum absolute atomic E-state index is 0. The normalized spacial score (nSPS) is 8.76. The predicted molar refractivity (Wildman–Crippen MR) is 167 cm³/mol. The van der Waals surface area contributed by atoms with Crippen molar-refractivity contribution in [2.45, 2.75) is 26.7 Å². The van der Waals surface area contributed by atoms with Crippen LogP contribution in [0.15, 0.2) is 133 Å². The van der Waals surface area contributed by atoms with E-state index in [4.69, 9.17) is 0 Å². The second-order valence-electron chi connectivity index (χ2n) is 7.85. The monoisotopic (exact) mass is 588 g/mol. The summed E-state index contributed by atoms with van der Waals surface area (Å²) in [4.78, 5) is 0. The van der Waals surface area contributed by atoms with Gasteiger partial charge in [0.2, 0.25) is 0 Å². The number of rotatable bonds is 2. The summed E-state index contributed by atoms with van der Waals surface area (Å²) >= 11 is 1.36. The van der Waals surface area contributed by atoms with Crippen LogP contribution in [0.3, 0.4) is 0 Å². The summed E-state index contributed by atoms with van der Waals surface area (Å²) in [5, 5.41) is 5.46. The molecule has 2 radical (unpaired) electrons. The van der Waals surface area contributed by atoms with Gasteiger partial charge in [-0.25, -0.2) is 0 Å². The fourth-order valence-electron chi connectivity index (χ4n) is 3.52. The third-order valence-electron chi connectivity index (χ3n) is 5.39. The van der Waals surface area contributed by atoms with Crippen molar-refractivity contribution in [2.75, 3.05) is 0 Å². The van der Waals surface area contributed by atoms with E-state index in [9.17, 15) is 0 Å². The van der Waals surface area contributed by atoms with Gasteiger partial charge in [0.1, 0.15) is 0 Å². The van der Waals surface area contributed by atoms with Crippen LogP contribution in [0.2, 0.25) is 0 Å². The molecular weight excluding hydrogens is 552 g/mol. The molecule has 0 unspecified atom stereocenters. The van der Waals surface area contributed by atoms with Crippen molar-refractivity contribution >= 4 is 28.4 Å². The van der Waals surface area contributed by atoms with Gasteiger partial charge in [-0.15, -0.1) is 81.2 Å². The molecule has 0 heterocycles. The summed E-state index contributed by atoms with van der Waals surface area (Å²) in [6.07, 6.45) is 2.27. The van der Waals surface area contributed by atoms with Gasteiger partial charge in [-0.1, -0.05) is 26.0 Å². The zero-order valence-corrected chi connectivity index (χ0v) is 26.6. The van der Waals surface area contributed by atoms with Crippen molar-refractivity contribution in [3.8, 4) is 0 Å². The topological polar surface area (TPSA) is 0 Å². The van der Waals surface area contributed by atoms with Crippen molar-refractivity contribution < 1.29 is 23.3 Å². The van der Waals surface area contributed by atoms with Crippen LogP contribution in [0.5, 0.6) is 0 Å². The first-order valence-corrected chi connectivity index (χ1v) is 16.3. The first kappa shape index (κ1) is 35.2. The first-order valence-electron chi connectivity index (χ1n) is 12.2. The fraction of sp³-hybridized carbons (Fsp3) is 0.111. The van der Waals surface area contributed by atoms with Crippen LogP contribution in [-0.4, -0.2) is 6.88 Å². The molecule has 196 valence electrons. The van der Waals surface area contributed by atoms with Crippen LogP contribution >= 0.6 is 0 Å². The predicted octanol–water partition coefficient (Wildman–Crippen LogP) is 9.73. The van der Waals surface area contributed by atoms with E-state index in [-0.39, 0.29) is 14.9 Å². The summed E-state index contributed by atoms with van der Waals surface area (Å²) in [6, 6.07) is 51.0. The molecule has 0 bridgehead atoms.